The van der Waals surface area contributed by atoms with Crippen LogP contribution in [0.3, 0.4) is 0 Å². The average molecular weight is 343 g/mol. The average Bonchev–Trinajstić information content (AvgIpc) is 2.98. The first-order valence-electron chi connectivity index (χ1n) is 7.13. The second-order valence-corrected chi connectivity index (χ2v) is 7.40. The van der Waals surface area contributed by atoms with E-state index < -0.39 is 0 Å². The van der Waals surface area contributed by atoms with Gasteiger partial charge in [0.2, 0.25) is 6.41 Å². The molecule has 0 fully saturated rings. The first-order valence-corrected chi connectivity index (χ1v) is 8.67. The van der Waals surface area contributed by atoms with E-state index in [0.717, 1.165) is 27.8 Å². The molecule has 118 valence electrons. The van der Waals surface area contributed by atoms with Crippen LogP contribution < -0.4 is 9.80 Å². The molecule has 0 radical (unpaired) electrons. The lowest BCUT2D eigenvalue weighted by atomic mass is 10.3. The Hall–Kier alpha value is -1.89. The molecular formula is C17H17N3OS2. The van der Waals surface area contributed by atoms with Gasteiger partial charge in [-0.1, -0.05) is 36.4 Å². The molecule has 1 amide bonds. The minimum absolute atomic E-state index is 0.861. The summed E-state index contributed by atoms with van der Waals surface area (Å²) in [5.74, 6) is 0. The Morgan fingerprint density at radius 1 is 0.870 bits per heavy atom. The zero-order valence-electron chi connectivity index (χ0n) is 12.9. The van der Waals surface area contributed by atoms with E-state index in [1.165, 1.54) is 0 Å². The summed E-state index contributed by atoms with van der Waals surface area (Å²) in [5, 5.41) is 1.93. The van der Waals surface area contributed by atoms with Gasteiger partial charge < -0.3 is 4.90 Å². The molecule has 3 rings (SSSR count). The smallest absolute Gasteiger partial charge is 0.219 e. The van der Waals surface area contributed by atoms with Crippen LogP contribution in [0.25, 0.3) is 0 Å². The number of nitrogens with zero attached hydrogens (tertiary/aromatic N) is 3. The molecule has 1 aliphatic heterocycles. The number of benzene rings is 2. The number of hydrogen-bond acceptors (Lipinski definition) is 5. The predicted molar refractivity (Wildman–Crippen MR) is 99.8 cm³/mol. The van der Waals surface area contributed by atoms with Crippen molar-refractivity contribution < 1.29 is 4.79 Å². The number of rotatable bonds is 5. The molecule has 0 bridgehead atoms. The van der Waals surface area contributed by atoms with E-state index >= 15 is 0 Å². The summed E-state index contributed by atoms with van der Waals surface area (Å²) < 4.78 is 2.05. The van der Waals surface area contributed by atoms with Gasteiger partial charge in [0.25, 0.3) is 0 Å². The fourth-order valence-corrected chi connectivity index (χ4v) is 4.41. The molecule has 0 atom stereocenters. The second-order valence-electron chi connectivity index (χ2n) is 4.94. The summed E-state index contributed by atoms with van der Waals surface area (Å²) in [6, 6.07) is 19.8. The fourth-order valence-electron chi connectivity index (χ4n) is 2.28. The molecule has 0 aliphatic carbocycles. The summed E-state index contributed by atoms with van der Waals surface area (Å²) in [6.45, 7) is 0. The fraction of sp³-hybridized carbons (Fsp3) is 0.118. The van der Waals surface area contributed by atoms with Crippen LogP contribution >= 0.6 is 23.9 Å². The van der Waals surface area contributed by atoms with E-state index in [4.69, 9.17) is 0 Å². The Morgan fingerprint density at radius 2 is 1.39 bits per heavy atom. The third-order valence-electron chi connectivity index (χ3n) is 3.42. The van der Waals surface area contributed by atoms with Gasteiger partial charge in [0, 0.05) is 25.5 Å². The van der Waals surface area contributed by atoms with Crippen molar-refractivity contribution in [2.45, 2.75) is 0 Å². The van der Waals surface area contributed by atoms with Crippen molar-refractivity contribution >= 4 is 41.7 Å². The van der Waals surface area contributed by atoms with Crippen molar-refractivity contribution in [1.29, 1.82) is 0 Å². The van der Waals surface area contributed by atoms with Gasteiger partial charge in [0.1, 0.15) is 10.1 Å². The van der Waals surface area contributed by atoms with Crippen molar-refractivity contribution in [2.24, 2.45) is 0 Å². The Kier molecular flexibility index (Phi) is 4.95. The number of para-hydroxylation sites is 2. The molecule has 0 saturated carbocycles. The molecule has 6 heteroatoms. The van der Waals surface area contributed by atoms with Crippen molar-refractivity contribution in [1.82, 2.24) is 3.71 Å². The topological polar surface area (TPSA) is 26.8 Å². The predicted octanol–water partition coefficient (Wildman–Crippen LogP) is 4.15. The van der Waals surface area contributed by atoms with Crippen LogP contribution in [0.4, 0.5) is 11.4 Å². The standard InChI is InChI=1S/C17H17N3OS2/c1-18(14-9-5-3-6-10-14)16-17(23-19(2)22-16)20(13-21)15-11-7-4-8-12-15/h3-13H,1-2H3. The molecule has 0 N–H and O–H groups in total. The van der Waals surface area contributed by atoms with Crippen LogP contribution in [0.5, 0.6) is 0 Å². The Balaban J connectivity index is 2.00. The van der Waals surface area contributed by atoms with Crippen molar-refractivity contribution in [3.05, 3.63) is 70.7 Å². The van der Waals surface area contributed by atoms with Crippen molar-refractivity contribution in [3.8, 4) is 0 Å². The summed E-state index contributed by atoms with van der Waals surface area (Å²) in [5.41, 5.74) is 1.95. The minimum atomic E-state index is 0.861. The summed E-state index contributed by atoms with van der Waals surface area (Å²) in [6.07, 6.45) is 0.871. The SMILES string of the molecule is CN1SC(N(C)c2ccccc2)=C(N(C=O)c2ccccc2)S1. The third-order valence-corrected chi connectivity index (χ3v) is 5.71. The van der Waals surface area contributed by atoms with Crippen LogP contribution in [-0.4, -0.2) is 24.2 Å². The van der Waals surface area contributed by atoms with E-state index in [1.807, 2.05) is 66.3 Å². The lowest BCUT2D eigenvalue weighted by molar-refractivity contribution is -0.107. The monoisotopic (exact) mass is 343 g/mol. The highest BCUT2D eigenvalue weighted by atomic mass is 32.2. The third kappa shape index (κ3) is 3.39. The van der Waals surface area contributed by atoms with Crippen LogP contribution in [0.1, 0.15) is 0 Å². The molecule has 0 aromatic heterocycles. The van der Waals surface area contributed by atoms with Gasteiger partial charge in [-0.15, -0.1) is 0 Å². The molecule has 1 aliphatic rings. The molecule has 0 spiro atoms. The van der Waals surface area contributed by atoms with Gasteiger partial charge in [0.15, 0.2) is 0 Å². The van der Waals surface area contributed by atoms with Crippen LogP contribution in [0.2, 0.25) is 0 Å². The lowest BCUT2D eigenvalue weighted by Gasteiger charge is -2.24. The maximum atomic E-state index is 11.7. The Labute approximate surface area is 145 Å². The van der Waals surface area contributed by atoms with E-state index in [9.17, 15) is 4.79 Å². The van der Waals surface area contributed by atoms with Gasteiger partial charge in [-0.05, 0) is 48.2 Å². The van der Waals surface area contributed by atoms with Gasteiger partial charge in [-0.2, -0.15) is 3.71 Å². The highest BCUT2D eigenvalue weighted by molar-refractivity contribution is 8.18. The normalized spacial score (nSPS) is 14.9. The minimum Gasteiger partial charge on any atom is -0.336 e. The van der Waals surface area contributed by atoms with Gasteiger partial charge in [0.05, 0.1) is 0 Å². The molecule has 4 nitrogen and oxygen atoms in total. The first-order chi connectivity index (χ1) is 11.2. The largest absolute Gasteiger partial charge is 0.336 e. The maximum absolute atomic E-state index is 11.7. The molecule has 2 aromatic rings. The molecule has 2 aromatic carbocycles. The second kappa shape index (κ2) is 7.12. The molecule has 1 heterocycles. The lowest BCUT2D eigenvalue weighted by Crippen LogP contribution is -2.23. The summed E-state index contributed by atoms with van der Waals surface area (Å²) in [7, 11) is 4.01. The molecule has 23 heavy (non-hydrogen) atoms. The molecule has 0 unspecified atom stereocenters. The highest BCUT2D eigenvalue weighted by Gasteiger charge is 2.30. The quantitative estimate of drug-likeness (QED) is 0.600. The summed E-state index contributed by atoms with van der Waals surface area (Å²) >= 11 is 3.17. The van der Waals surface area contributed by atoms with Crippen LogP contribution in [0, 0.1) is 0 Å². The zero-order valence-corrected chi connectivity index (χ0v) is 14.6. The van der Waals surface area contributed by atoms with E-state index in [2.05, 4.69) is 17.0 Å². The van der Waals surface area contributed by atoms with E-state index in [0.29, 0.717) is 0 Å². The number of carbonyl (C=O) groups excluding carboxylic acids is 1. The zero-order chi connectivity index (χ0) is 16.2. The number of anilines is 2. The maximum Gasteiger partial charge on any atom is 0.219 e. The Morgan fingerprint density at radius 3 is 1.96 bits per heavy atom. The molecular weight excluding hydrogens is 326 g/mol. The molecule has 0 saturated heterocycles. The van der Waals surface area contributed by atoms with Gasteiger partial charge in [-0.3, -0.25) is 9.69 Å². The van der Waals surface area contributed by atoms with Crippen molar-refractivity contribution in [3.63, 3.8) is 0 Å². The van der Waals surface area contributed by atoms with Gasteiger partial charge >= 0.3 is 0 Å². The number of hydrogen-bond donors (Lipinski definition) is 0. The first kappa shape index (κ1) is 16.0. The summed E-state index contributed by atoms with van der Waals surface area (Å²) in [4.78, 5) is 15.5. The van der Waals surface area contributed by atoms with E-state index in [-0.39, 0.29) is 0 Å². The van der Waals surface area contributed by atoms with Crippen molar-refractivity contribution in [2.75, 3.05) is 23.9 Å². The van der Waals surface area contributed by atoms with Crippen LogP contribution in [0.15, 0.2) is 70.7 Å². The number of carbonyl (C=O) groups is 1. The van der Waals surface area contributed by atoms with Crippen LogP contribution in [-0.2, 0) is 4.79 Å². The Bertz CT molecular complexity index is 706. The van der Waals surface area contributed by atoms with E-state index in [1.54, 1.807) is 28.8 Å². The number of amides is 1. The van der Waals surface area contributed by atoms with Gasteiger partial charge in [-0.25, -0.2) is 0 Å². The highest BCUT2D eigenvalue weighted by Crippen LogP contribution is 2.47.